The molecule has 3 heterocycles. The number of carbonyl (C=O) groups is 1. The lowest BCUT2D eigenvalue weighted by molar-refractivity contribution is 0.0735. The monoisotopic (exact) mass is 418 g/mol. The molecule has 1 saturated heterocycles. The van der Waals surface area contributed by atoms with Gasteiger partial charge in [-0.3, -0.25) is 4.79 Å². The van der Waals surface area contributed by atoms with E-state index in [1.807, 2.05) is 23.2 Å². The van der Waals surface area contributed by atoms with Gasteiger partial charge < -0.3 is 15.5 Å². The molecular weight excluding hydrogens is 396 g/mol. The molecule has 30 heavy (non-hydrogen) atoms. The van der Waals surface area contributed by atoms with Crippen molar-refractivity contribution >= 4 is 50.0 Å². The number of rotatable bonds is 3. The Bertz CT molecular complexity index is 1240. The number of aromatic nitrogens is 3. The third kappa shape index (κ3) is 3.59. The normalized spacial score (nSPS) is 14.4. The molecule has 1 fully saturated rings. The summed E-state index contributed by atoms with van der Waals surface area (Å²) in [5.74, 6) is 0.525. The van der Waals surface area contributed by atoms with Crippen LogP contribution in [0.3, 0.4) is 0 Å². The molecule has 2 N–H and O–H groups in total. The Morgan fingerprint density at radius 2 is 1.87 bits per heavy atom. The van der Waals surface area contributed by atoms with Gasteiger partial charge >= 0.3 is 0 Å². The van der Waals surface area contributed by atoms with Crippen molar-refractivity contribution in [3.05, 3.63) is 52.7 Å². The Hall–Kier alpha value is -3.10. The van der Waals surface area contributed by atoms with Crippen molar-refractivity contribution in [1.82, 2.24) is 25.2 Å². The summed E-state index contributed by atoms with van der Waals surface area (Å²) >= 11 is 1.41. The summed E-state index contributed by atoms with van der Waals surface area (Å²) in [6.45, 7) is 7.19. The highest BCUT2D eigenvalue weighted by Gasteiger charge is 2.22. The fourth-order valence-electron chi connectivity index (χ4n) is 3.81. The van der Waals surface area contributed by atoms with Gasteiger partial charge in [0, 0.05) is 43.4 Å². The number of thiazole rings is 1. The lowest BCUT2D eigenvalue weighted by Crippen LogP contribution is -2.46. The van der Waals surface area contributed by atoms with Gasteiger partial charge in [0.25, 0.3) is 5.91 Å². The molecule has 2 aromatic carbocycles. The zero-order valence-corrected chi connectivity index (χ0v) is 17.7. The van der Waals surface area contributed by atoms with Crippen LogP contribution >= 0.6 is 11.3 Å². The van der Waals surface area contributed by atoms with Gasteiger partial charge in [0.2, 0.25) is 5.95 Å². The van der Waals surface area contributed by atoms with Crippen LogP contribution in [-0.4, -0.2) is 51.9 Å². The van der Waals surface area contributed by atoms with E-state index in [2.05, 4.69) is 52.6 Å². The fraction of sp³-hybridized carbons (Fsp3) is 0.273. The number of hydrogen-bond acceptors (Lipinski definition) is 7. The van der Waals surface area contributed by atoms with E-state index in [0.29, 0.717) is 24.0 Å². The highest BCUT2D eigenvalue weighted by molar-refractivity contribution is 7.21. The van der Waals surface area contributed by atoms with Crippen LogP contribution in [0.1, 0.15) is 20.9 Å². The van der Waals surface area contributed by atoms with E-state index in [0.717, 1.165) is 39.9 Å². The number of carbonyl (C=O) groups excluding carboxylic acids is 1. The van der Waals surface area contributed by atoms with Crippen molar-refractivity contribution in [2.45, 2.75) is 13.8 Å². The summed E-state index contributed by atoms with van der Waals surface area (Å²) in [6, 6.07) is 10.2. The SMILES string of the molecule is Cc1cc(C)cc(Nc2ncc3ccc4nc(C(=O)N5CCNCC5)sc4c3n2)c1. The molecule has 0 unspecified atom stereocenters. The number of benzene rings is 2. The van der Waals surface area contributed by atoms with E-state index < -0.39 is 0 Å². The first-order chi connectivity index (χ1) is 14.6. The van der Waals surface area contributed by atoms with Crippen LogP contribution in [0.25, 0.3) is 21.1 Å². The fourth-order valence-corrected chi connectivity index (χ4v) is 4.84. The summed E-state index contributed by atoms with van der Waals surface area (Å²) in [6.07, 6.45) is 1.81. The molecule has 7 nitrogen and oxygen atoms in total. The maximum atomic E-state index is 12.9. The van der Waals surface area contributed by atoms with E-state index in [1.165, 1.54) is 22.5 Å². The second kappa shape index (κ2) is 7.62. The van der Waals surface area contributed by atoms with Gasteiger partial charge in [0.05, 0.1) is 15.7 Å². The molecule has 0 spiro atoms. The van der Waals surface area contributed by atoms with Crippen molar-refractivity contribution in [2.75, 3.05) is 31.5 Å². The third-order valence-electron chi connectivity index (χ3n) is 5.17. The molecule has 2 aromatic heterocycles. The maximum absolute atomic E-state index is 12.9. The second-order valence-corrected chi connectivity index (χ2v) is 8.61. The molecular formula is C22H22N6OS. The molecule has 5 rings (SSSR count). The number of hydrogen-bond donors (Lipinski definition) is 2. The van der Waals surface area contributed by atoms with Crippen molar-refractivity contribution in [3.8, 4) is 0 Å². The lowest BCUT2D eigenvalue weighted by atomic mass is 10.1. The van der Waals surface area contributed by atoms with Gasteiger partial charge in [-0.2, -0.15) is 0 Å². The predicted molar refractivity (Wildman–Crippen MR) is 121 cm³/mol. The quantitative estimate of drug-likeness (QED) is 0.529. The largest absolute Gasteiger partial charge is 0.334 e. The number of fused-ring (bicyclic) bond motifs is 3. The first-order valence-electron chi connectivity index (χ1n) is 9.98. The first-order valence-corrected chi connectivity index (χ1v) is 10.8. The number of aryl methyl sites for hydroxylation is 2. The zero-order valence-electron chi connectivity index (χ0n) is 16.9. The standard InChI is InChI=1S/C22H22N6OS/c1-13-9-14(2)11-16(10-13)25-22-24-12-15-3-4-17-19(18(15)27-22)30-20(26-17)21(29)28-7-5-23-6-8-28/h3-4,9-12,23H,5-8H2,1-2H3,(H,24,25,27). The Morgan fingerprint density at radius 1 is 1.10 bits per heavy atom. The topological polar surface area (TPSA) is 83.0 Å². The van der Waals surface area contributed by atoms with Crippen LogP contribution in [0.2, 0.25) is 0 Å². The molecule has 8 heteroatoms. The van der Waals surface area contributed by atoms with Gasteiger partial charge in [-0.1, -0.05) is 6.07 Å². The van der Waals surface area contributed by atoms with E-state index in [-0.39, 0.29) is 5.91 Å². The van der Waals surface area contributed by atoms with E-state index in [4.69, 9.17) is 4.98 Å². The van der Waals surface area contributed by atoms with Gasteiger partial charge in [0.15, 0.2) is 5.01 Å². The van der Waals surface area contributed by atoms with Crippen LogP contribution in [-0.2, 0) is 0 Å². The minimum atomic E-state index is -0.00603. The molecule has 1 aliphatic rings. The highest BCUT2D eigenvalue weighted by Crippen LogP contribution is 2.30. The van der Waals surface area contributed by atoms with Crippen molar-refractivity contribution in [1.29, 1.82) is 0 Å². The molecule has 1 aliphatic heterocycles. The van der Waals surface area contributed by atoms with Gasteiger partial charge in [-0.25, -0.2) is 15.0 Å². The summed E-state index contributed by atoms with van der Waals surface area (Å²) in [4.78, 5) is 28.6. The van der Waals surface area contributed by atoms with Crippen molar-refractivity contribution in [3.63, 3.8) is 0 Å². The molecule has 1 amide bonds. The molecule has 0 saturated carbocycles. The first kappa shape index (κ1) is 18.9. The highest BCUT2D eigenvalue weighted by atomic mass is 32.1. The smallest absolute Gasteiger partial charge is 0.282 e. The molecule has 0 aliphatic carbocycles. The third-order valence-corrected chi connectivity index (χ3v) is 6.24. The van der Waals surface area contributed by atoms with E-state index in [1.54, 1.807) is 0 Å². The Morgan fingerprint density at radius 3 is 2.63 bits per heavy atom. The zero-order chi connectivity index (χ0) is 20.7. The number of anilines is 2. The number of nitrogens with one attached hydrogen (secondary N) is 2. The van der Waals surface area contributed by atoms with Gasteiger partial charge in [-0.05, 0) is 49.2 Å². The molecule has 0 bridgehead atoms. The molecule has 0 radical (unpaired) electrons. The number of nitrogens with zero attached hydrogens (tertiary/aromatic N) is 4. The number of amides is 1. The molecule has 4 aromatic rings. The Labute approximate surface area is 178 Å². The average Bonchev–Trinajstić information content (AvgIpc) is 3.18. The van der Waals surface area contributed by atoms with Crippen LogP contribution in [0.4, 0.5) is 11.6 Å². The molecule has 152 valence electrons. The summed E-state index contributed by atoms with van der Waals surface area (Å²) in [5.41, 5.74) is 4.92. The maximum Gasteiger partial charge on any atom is 0.282 e. The van der Waals surface area contributed by atoms with Crippen molar-refractivity contribution < 1.29 is 4.79 Å². The minimum Gasteiger partial charge on any atom is -0.334 e. The Kier molecular flexibility index (Phi) is 4.80. The van der Waals surface area contributed by atoms with Gasteiger partial charge in [-0.15, -0.1) is 11.3 Å². The average molecular weight is 419 g/mol. The van der Waals surface area contributed by atoms with Crippen LogP contribution < -0.4 is 10.6 Å². The minimum absolute atomic E-state index is 0.00603. The van der Waals surface area contributed by atoms with Crippen LogP contribution in [0, 0.1) is 13.8 Å². The summed E-state index contributed by atoms with van der Waals surface area (Å²) in [7, 11) is 0. The number of piperazine rings is 1. The summed E-state index contributed by atoms with van der Waals surface area (Å²) in [5, 5.41) is 8.02. The van der Waals surface area contributed by atoms with Crippen LogP contribution in [0.15, 0.2) is 36.5 Å². The van der Waals surface area contributed by atoms with Crippen LogP contribution in [0.5, 0.6) is 0 Å². The van der Waals surface area contributed by atoms with E-state index >= 15 is 0 Å². The van der Waals surface area contributed by atoms with Crippen molar-refractivity contribution in [2.24, 2.45) is 0 Å². The second-order valence-electron chi connectivity index (χ2n) is 7.61. The predicted octanol–water partition coefficient (Wildman–Crippen LogP) is 3.65. The Balaban J connectivity index is 1.52. The summed E-state index contributed by atoms with van der Waals surface area (Å²) < 4.78 is 0.914. The van der Waals surface area contributed by atoms with E-state index in [9.17, 15) is 4.79 Å². The molecule has 0 atom stereocenters. The van der Waals surface area contributed by atoms with Gasteiger partial charge in [0.1, 0.15) is 0 Å². The lowest BCUT2D eigenvalue weighted by Gasteiger charge is -2.26.